The van der Waals surface area contributed by atoms with E-state index in [-0.39, 0.29) is 12.1 Å². The molecule has 0 spiro atoms. The van der Waals surface area contributed by atoms with E-state index in [0.717, 1.165) is 37.5 Å². The van der Waals surface area contributed by atoms with E-state index >= 15 is 0 Å². The van der Waals surface area contributed by atoms with Crippen molar-refractivity contribution in [1.82, 2.24) is 9.29 Å². The molecule has 1 aliphatic carbocycles. The molecular formula is C24H25F3N2O4S. The Kier molecular flexibility index (Phi) is 6.73. The van der Waals surface area contributed by atoms with Gasteiger partial charge in [0, 0.05) is 24.2 Å². The van der Waals surface area contributed by atoms with Crippen LogP contribution in [0.5, 0.6) is 5.75 Å². The molecule has 0 atom stereocenters. The predicted octanol–water partition coefficient (Wildman–Crippen LogP) is 5.08. The van der Waals surface area contributed by atoms with Crippen molar-refractivity contribution >= 4 is 20.9 Å². The normalized spacial score (nSPS) is 15.7. The van der Waals surface area contributed by atoms with Crippen molar-refractivity contribution in [3.63, 3.8) is 0 Å². The van der Waals surface area contributed by atoms with E-state index in [4.69, 9.17) is 4.74 Å². The van der Waals surface area contributed by atoms with Gasteiger partial charge >= 0.3 is 6.18 Å². The molecule has 1 saturated carbocycles. The smallest absolute Gasteiger partial charge is 0.416 e. The number of ether oxygens (including phenoxy) is 1. The lowest BCUT2D eigenvalue weighted by atomic mass is 9.95. The van der Waals surface area contributed by atoms with Gasteiger partial charge in [-0.15, -0.1) is 0 Å². The van der Waals surface area contributed by atoms with Crippen LogP contribution in [-0.4, -0.2) is 30.9 Å². The molecule has 1 N–H and O–H groups in total. The van der Waals surface area contributed by atoms with Gasteiger partial charge in [-0.25, -0.2) is 8.42 Å². The Balaban J connectivity index is 1.77. The lowest BCUT2D eigenvalue weighted by Gasteiger charge is -2.33. The van der Waals surface area contributed by atoms with Crippen molar-refractivity contribution < 1.29 is 26.3 Å². The number of hydrogen-bond acceptors (Lipinski definition) is 4. The van der Waals surface area contributed by atoms with E-state index in [1.54, 1.807) is 24.3 Å². The van der Waals surface area contributed by atoms with Crippen molar-refractivity contribution in [3.8, 4) is 5.75 Å². The van der Waals surface area contributed by atoms with Crippen LogP contribution in [0.25, 0.3) is 10.9 Å². The Morgan fingerprint density at radius 3 is 2.47 bits per heavy atom. The van der Waals surface area contributed by atoms with E-state index in [1.165, 1.54) is 11.4 Å². The number of halogens is 3. The highest BCUT2D eigenvalue weighted by Crippen LogP contribution is 2.33. The SMILES string of the molecule is COc1ccc2cc(CN(C3CCCCC3)S(=O)(=O)c3cccc(C(F)(F)F)c3)c(=O)[nH]c2c1. The van der Waals surface area contributed by atoms with Crippen LogP contribution in [0.4, 0.5) is 13.2 Å². The second-order valence-electron chi connectivity index (χ2n) is 8.44. The van der Waals surface area contributed by atoms with Crippen LogP contribution >= 0.6 is 0 Å². The highest BCUT2D eigenvalue weighted by Gasteiger charge is 2.36. The Bertz CT molecular complexity index is 1350. The summed E-state index contributed by atoms with van der Waals surface area (Å²) in [5.74, 6) is 0.562. The number of aromatic nitrogens is 1. The van der Waals surface area contributed by atoms with Gasteiger partial charge in [-0.05, 0) is 54.6 Å². The number of sulfonamides is 1. The van der Waals surface area contributed by atoms with Gasteiger partial charge in [0.2, 0.25) is 10.0 Å². The van der Waals surface area contributed by atoms with Crippen LogP contribution in [0.3, 0.4) is 0 Å². The van der Waals surface area contributed by atoms with Crippen LogP contribution in [0.2, 0.25) is 0 Å². The van der Waals surface area contributed by atoms with Gasteiger partial charge in [-0.1, -0.05) is 25.3 Å². The molecule has 0 bridgehead atoms. The molecule has 4 rings (SSSR count). The van der Waals surface area contributed by atoms with Crippen LogP contribution in [-0.2, 0) is 22.7 Å². The number of nitrogens with zero attached hydrogens (tertiary/aromatic N) is 1. The Labute approximate surface area is 195 Å². The number of hydrogen-bond donors (Lipinski definition) is 1. The fourth-order valence-corrected chi connectivity index (χ4v) is 6.09. The molecule has 10 heteroatoms. The molecule has 0 unspecified atom stereocenters. The molecule has 0 aliphatic heterocycles. The number of fused-ring (bicyclic) bond motifs is 1. The first-order valence-electron chi connectivity index (χ1n) is 11.0. The summed E-state index contributed by atoms with van der Waals surface area (Å²) in [4.78, 5) is 15.2. The first kappa shape index (κ1) is 24.3. The number of methoxy groups -OCH3 is 1. The fourth-order valence-electron chi connectivity index (χ4n) is 4.39. The third-order valence-corrected chi connectivity index (χ3v) is 8.10. The standard InChI is InChI=1S/C24H25F3N2O4S/c1-33-20-11-10-16-12-17(23(30)28-22(16)14-20)15-29(19-7-3-2-4-8-19)34(31,32)21-9-5-6-18(13-21)24(25,26)27/h5-6,9-14,19H,2-4,7-8,15H2,1H3,(H,28,30). The number of pyridine rings is 1. The fraction of sp³-hybridized carbons (Fsp3) is 0.375. The average molecular weight is 495 g/mol. The number of alkyl halides is 3. The van der Waals surface area contributed by atoms with Crippen LogP contribution in [0, 0.1) is 0 Å². The molecule has 3 aromatic rings. The third kappa shape index (κ3) is 4.97. The predicted molar refractivity (Wildman–Crippen MR) is 122 cm³/mol. The first-order valence-corrected chi connectivity index (χ1v) is 12.4. The van der Waals surface area contributed by atoms with Gasteiger partial charge in [0.05, 0.1) is 23.1 Å². The summed E-state index contributed by atoms with van der Waals surface area (Å²) in [5.41, 5.74) is -0.729. The second-order valence-corrected chi connectivity index (χ2v) is 10.3. The zero-order valence-electron chi connectivity index (χ0n) is 18.6. The zero-order valence-corrected chi connectivity index (χ0v) is 19.4. The minimum Gasteiger partial charge on any atom is -0.497 e. The summed E-state index contributed by atoms with van der Waals surface area (Å²) in [6, 6.07) is 10.1. The van der Waals surface area contributed by atoms with E-state index in [9.17, 15) is 26.4 Å². The topological polar surface area (TPSA) is 79.5 Å². The number of nitrogens with one attached hydrogen (secondary N) is 1. The minimum absolute atomic E-state index is 0.221. The highest BCUT2D eigenvalue weighted by atomic mass is 32.2. The van der Waals surface area contributed by atoms with Crippen molar-refractivity contribution in [2.24, 2.45) is 0 Å². The van der Waals surface area contributed by atoms with Crippen LogP contribution in [0.1, 0.15) is 43.2 Å². The zero-order chi connectivity index (χ0) is 24.5. The van der Waals surface area contributed by atoms with Gasteiger partial charge < -0.3 is 9.72 Å². The quantitative estimate of drug-likeness (QED) is 0.518. The molecule has 1 heterocycles. The summed E-state index contributed by atoms with van der Waals surface area (Å²) in [5, 5.41) is 0.690. The molecule has 2 aromatic carbocycles. The Hall–Kier alpha value is -2.85. The van der Waals surface area contributed by atoms with E-state index < -0.39 is 38.3 Å². The molecule has 0 radical (unpaired) electrons. The van der Waals surface area contributed by atoms with E-state index in [1.807, 2.05) is 0 Å². The highest BCUT2D eigenvalue weighted by molar-refractivity contribution is 7.89. The summed E-state index contributed by atoms with van der Waals surface area (Å²) < 4.78 is 73.3. The molecule has 1 aromatic heterocycles. The lowest BCUT2D eigenvalue weighted by Crippen LogP contribution is -2.42. The molecular weight excluding hydrogens is 469 g/mol. The molecule has 0 saturated heterocycles. The monoisotopic (exact) mass is 494 g/mol. The van der Waals surface area contributed by atoms with Gasteiger partial charge in [0.15, 0.2) is 0 Å². The molecule has 0 amide bonds. The summed E-state index contributed by atoms with van der Waals surface area (Å²) in [7, 11) is -2.79. The summed E-state index contributed by atoms with van der Waals surface area (Å²) >= 11 is 0. The minimum atomic E-state index is -4.67. The van der Waals surface area contributed by atoms with Gasteiger partial charge in [0.25, 0.3) is 5.56 Å². The van der Waals surface area contributed by atoms with Crippen molar-refractivity contribution in [2.45, 2.75) is 55.8 Å². The van der Waals surface area contributed by atoms with Crippen molar-refractivity contribution in [1.29, 1.82) is 0 Å². The van der Waals surface area contributed by atoms with Gasteiger partial charge in [-0.3, -0.25) is 4.79 Å². The molecule has 1 fully saturated rings. The van der Waals surface area contributed by atoms with E-state index in [2.05, 4.69) is 4.98 Å². The van der Waals surface area contributed by atoms with Crippen LogP contribution in [0.15, 0.2) is 58.2 Å². The summed E-state index contributed by atoms with van der Waals surface area (Å²) in [6.45, 7) is -0.236. The van der Waals surface area contributed by atoms with Gasteiger partial charge in [0.1, 0.15) is 5.75 Å². The molecule has 34 heavy (non-hydrogen) atoms. The Morgan fingerprint density at radius 2 is 1.79 bits per heavy atom. The maximum Gasteiger partial charge on any atom is 0.416 e. The summed E-state index contributed by atoms with van der Waals surface area (Å²) in [6.07, 6.45) is -0.911. The van der Waals surface area contributed by atoms with Crippen molar-refractivity contribution in [3.05, 3.63) is 70.0 Å². The number of benzene rings is 2. The molecule has 6 nitrogen and oxygen atoms in total. The lowest BCUT2D eigenvalue weighted by molar-refractivity contribution is -0.137. The van der Waals surface area contributed by atoms with Crippen LogP contribution < -0.4 is 10.3 Å². The average Bonchev–Trinajstić information content (AvgIpc) is 2.82. The number of aromatic amines is 1. The largest absolute Gasteiger partial charge is 0.497 e. The first-order chi connectivity index (χ1) is 16.1. The Morgan fingerprint density at radius 1 is 1.06 bits per heavy atom. The molecule has 182 valence electrons. The number of H-pyrrole nitrogens is 1. The maximum atomic E-state index is 13.6. The van der Waals surface area contributed by atoms with Crippen molar-refractivity contribution in [2.75, 3.05) is 7.11 Å². The number of rotatable bonds is 6. The molecule has 1 aliphatic rings. The maximum absolute atomic E-state index is 13.6. The second kappa shape index (κ2) is 9.42. The van der Waals surface area contributed by atoms with E-state index in [0.29, 0.717) is 35.6 Å². The third-order valence-electron chi connectivity index (χ3n) is 6.21. The van der Waals surface area contributed by atoms with Gasteiger partial charge in [-0.2, -0.15) is 17.5 Å².